The minimum absolute atomic E-state index is 0.133. The van der Waals surface area contributed by atoms with E-state index in [1.54, 1.807) is 24.3 Å². The van der Waals surface area contributed by atoms with E-state index in [0.717, 1.165) is 17.7 Å². The zero-order valence-electron chi connectivity index (χ0n) is 20.1. The van der Waals surface area contributed by atoms with Crippen LogP contribution in [-0.4, -0.2) is 41.2 Å². The molecule has 0 fully saturated rings. The second-order valence-electron chi connectivity index (χ2n) is 8.08. The highest BCUT2D eigenvalue weighted by Gasteiger charge is 2.19. The van der Waals surface area contributed by atoms with Gasteiger partial charge in [0.15, 0.2) is 11.5 Å². The highest BCUT2D eigenvalue weighted by molar-refractivity contribution is 6.35. The van der Waals surface area contributed by atoms with Gasteiger partial charge in [-0.2, -0.15) is 0 Å². The van der Waals surface area contributed by atoms with E-state index in [2.05, 4.69) is 5.10 Å². The third-order valence-corrected chi connectivity index (χ3v) is 6.03. The quantitative estimate of drug-likeness (QED) is 0.268. The fourth-order valence-electron chi connectivity index (χ4n) is 3.79. The van der Waals surface area contributed by atoms with Gasteiger partial charge in [-0.05, 0) is 49.9 Å². The van der Waals surface area contributed by atoms with E-state index in [-0.39, 0.29) is 12.5 Å². The van der Waals surface area contributed by atoms with Crippen molar-refractivity contribution in [1.29, 1.82) is 0 Å². The molecule has 0 spiro atoms. The Morgan fingerprint density at radius 2 is 1.94 bits per heavy atom. The van der Waals surface area contributed by atoms with Gasteiger partial charge in [-0.1, -0.05) is 48.3 Å². The number of carbonyl (C=O) groups is 1. The molecule has 2 aromatic carbocycles. The predicted molar refractivity (Wildman–Crippen MR) is 136 cm³/mol. The third kappa shape index (κ3) is 7.05. The number of carboxylic acids is 1. The van der Waals surface area contributed by atoms with Gasteiger partial charge >= 0.3 is 5.97 Å². The summed E-state index contributed by atoms with van der Waals surface area (Å²) < 4.78 is 19.1. The van der Waals surface area contributed by atoms with Gasteiger partial charge in [0.05, 0.1) is 32.8 Å². The molecule has 9 heteroatoms. The molecule has 35 heavy (non-hydrogen) atoms. The summed E-state index contributed by atoms with van der Waals surface area (Å²) in [4.78, 5) is 11.2. The van der Waals surface area contributed by atoms with Crippen LogP contribution < -0.4 is 14.2 Å². The van der Waals surface area contributed by atoms with E-state index >= 15 is 0 Å². The first-order valence-corrected chi connectivity index (χ1v) is 12.3. The average Bonchev–Trinajstić information content (AvgIpc) is 3.23. The van der Waals surface area contributed by atoms with Gasteiger partial charge in [-0.25, -0.2) is 0 Å². The van der Waals surface area contributed by atoms with Gasteiger partial charge in [0.25, 0.3) is 0 Å². The second-order valence-corrected chi connectivity index (χ2v) is 8.92. The molecule has 1 N–H and O–H groups in total. The molecule has 1 heterocycles. The van der Waals surface area contributed by atoms with Gasteiger partial charge in [-0.3, -0.25) is 9.48 Å². The number of aliphatic carboxylic acids is 1. The molecule has 0 radical (unpaired) electrons. The Morgan fingerprint density at radius 3 is 2.63 bits per heavy atom. The Balaban J connectivity index is 1.76. The number of hydrogen-bond donors (Lipinski definition) is 1. The Bertz CT molecular complexity index is 1150. The first-order valence-electron chi connectivity index (χ1n) is 11.5. The molecule has 0 saturated heterocycles. The van der Waals surface area contributed by atoms with Crippen LogP contribution in [0.25, 0.3) is 0 Å². The molecular weight excluding hydrogens is 491 g/mol. The maximum Gasteiger partial charge on any atom is 0.307 e. The van der Waals surface area contributed by atoms with Crippen molar-refractivity contribution < 1.29 is 24.1 Å². The second kappa shape index (κ2) is 12.7. The summed E-state index contributed by atoms with van der Waals surface area (Å²) in [6.07, 6.45) is 2.08. The number of carboxylic acid groups (broad SMARTS) is 1. The minimum Gasteiger partial charge on any atom is -0.493 e. The highest BCUT2D eigenvalue weighted by atomic mass is 35.5. The first-order chi connectivity index (χ1) is 16.8. The Labute approximate surface area is 215 Å². The van der Waals surface area contributed by atoms with Gasteiger partial charge in [0, 0.05) is 27.4 Å². The van der Waals surface area contributed by atoms with Crippen LogP contribution in [0.1, 0.15) is 49.6 Å². The van der Waals surface area contributed by atoms with Crippen LogP contribution in [0, 0.1) is 0 Å². The zero-order valence-corrected chi connectivity index (χ0v) is 21.6. The maximum atomic E-state index is 11.2. The van der Waals surface area contributed by atoms with E-state index in [1.165, 1.54) is 7.11 Å². The summed E-state index contributed by atoms with van der Waals surface area (Å²) in [7, 11) is 1.53. The lowest BCUT2D eigenvalue weighted by atomic mass is 10.1. The zero-order chi connectivity index (χ0) is 25.4. The molecule has 1 atom stereocenters. The van der Waals surface area contributed by atoms with E-state index < -0.39 is 5.97 Å². The minimum atomic E-state index is -0.929. The number of aromatic nitrogens is 2. The molecule has 0 aliphatic heterocycles. The maximum absolute atomic E-state index is 11.2. The SMILES string of the molecule is CCCOc1cc(CCCOc2c(CC(=O)O)cccc2OC)n(C(C)c2ccc(Cl)cc2Cl)n1. The van der Waals surface area contributed by atoms with E-state index in [9.17, 15) is 9.90 Å². The highest BCUT2D eigenvalue weighted by Crippen LogP contribution is 2.33. The summed E-state index contributed by atoms with van der Waals surface area (Å²) in [6, 6.07) is 12.5. The normalized spacial score (nSPS) is 11.8. The van der Waals surface area contributed by atoms with Crippen molar-refractivity contribution in [2.75, 3.05) is 20.3 Å². The Hall–Kier alpha value is -2.90. The van der Waals surface area contributed by atoms with Gasteiger partial charge in [-0.15, -0.1) is 5.10 Å². The van der Waals surface area contributed by atoms with Crippen molar-refractivity contribution in [3.05, 3.63) is 69.3 Å². The molecule has 0 aliphatic rings. The van der Waals surface area contributed by atoms with Gasteiger partial charge < -0.3 is 19.3 Å². The van der Waals surface area contributed by atoms with Crippen molar-refractivity contribution in [2.45, 2.75) is 45.6 Å². The van der Waals surface area contributed by atoms with Crippen LogP contribution in [0.5, 0.6) is 17.4 Å². The molecule has 0 aliphatic carbocycles. The number of rotatable bonds is 13. The largest absolute Gasteiger partial charge is 0.493 e. The topological polar surface area (TPSA) is 82.8 Å². The lowest BCUT2D eigenvalue weighted by Gasteiger charge is -2.18. The number of aryl methyl sites for hydroxylation is 1. The van der Waals surface area contributed by atoms with E-state index in [4.69, 9.17) is 37.4 Å². The fourth-order valence-corrected chi connectivity index (χ4v) is 4.36. The van der Waals surface area contributed by atoms with Crippen LogP contribution >= 0.6 is 23.2 Å². The van der Waals surface area contributed by atoms with Crippen molar-refractivity contribution in [3.8, 4) is 17.4 Å². The molecular formula is C26H30Cl2N2O5. The van der Waals surface area contributed by atoms with Crippen LogP contribution in [0.3, 0.4) is 0 Å². The van der Waals surface area contributed by atoms with Gasteiger partial charge in [0.1, 0.15) is 0 Å². The number of halogens is 2. The van der Waals surface area contributed by atoms with Crippen LogP contribution in [-0.2, 0) is 17.6 Å². The molecule has 1 unspecified atom stereocenters. The summed E-state index contributed by atoms with van der Waals surface area (Å²) in [5, 5.41) is 15.0. The molecule has 0 bridgehead atoms. The van der Waals surface area contributed by atoms with Crippen molar-refractivity contribution >= 4 is 29.2 Å². The molecule has 188 valence electrons. The van der Waals surface area contributed by atoms with Crippen molar-refractivity contribution in [1.82, 2.24) is 9.78 Å². The van der Waals surface area contributed by atoms with Crippen LogP contribution in [0.15, 0.2) is 42.5 Å². The summed E-state index contributed by atoms with van der Waals surface area (Å²) in [5.41, 5.74) is 2.46. The lowest BCUT2D eigenvalue weighted by Crippen LogP contribution is -2.14. The number of methoxy groups -OCH3 is 1. The standard InChI is InChI=1S/C26H30Cl2N2O5/c1-4-12-34-24-16-20(30(29-24)17(2)21-11-10-19(27)15-22(21)28)8-6-13-35-26-18(14-25(31)32)7-5-9-23(26)33-3/h5,7,9-11,15-17H,4,6,8,12-14H2,1-3H3,(H,31,32). The lowest BCUT2D eigenvalue weighted by molar-refractivity contribution is -0.136. The fraction of sp³-hybridized carbons (Fsp3) is 0.385. The molecule has 3 rings (SSSR count). The van der Waals surface area contributed by atoms with Crippen molar-refractivity contribution in [3.63, 3.8) is 0 Å². The molecule has 0 amide bonds. The number of para-hydroxylation sites is 1. The summed E-state index contributed by atoms with van der Waals surface area (Å²) in [6.45, 7) is 5.02. The average molecular weight is 521 g/mol. The molecule has 1 aromatic heterocycles. The molecule has 3 aromatic rings. The van der Waals surface area contributed by atoms with E-state index in [0.29, 0.717) is 59.0 Å². The molecule has 7 nitrogen and oxygen atoms in total. The first kappa shape index (κ1) is 26.7. The smallest absolute Gasteiger partial charge is 0.307 e. The van der Waals surface area contributed by atoms with Gasteiger partial charge in [0.2, 0.25) is 5.88 Å². The number of benzene rings is 2. The van der Waals surface area contributed by atoms with Crippen LogP contribution in [0.4, 0.5) is 0 Å². The number of ether oxygens (including phenoxy) is 3. The monoisotopic (exact) mass is 520 g/mol. The molecule has 0 saturated carbocycles. The summed E-state index contributed by atoms with van der Waals surface area (Å²) in [5.74, 6) is 0.601. The third-order valence-electron chi connectivity index (χ3n) is 5.47. The predicted octanol–water partition coefficient (Wildman–Crippen LogP) is 6.24. The van der Waals surface area contributed by atoms with Crippen LogP contribution in [0.2, 0.25) is 10.0 Å². The van der Waals surface area contributed by atoms with E-state index in [1.807, 2.05) is 36.7 Å². The number of nitrogens with zero attached hydrogens (tertiary/aromatic N) is 2. The summed E-state index contributed by atoms with van der Waals surface area (Å²) >= 11 is 12.5. The Kier molecular flexibility index (Phi) is 9.69. The number of hydrogen-bond acceptors (Lipinski definition) is 5. The van der Waals surface area contributed by atoms with Crippen molar-refractivity contribution in [2.24, 2.45) is 0 Å². The Morgan fingerprint density at radius 1 is 1.14 bits per heavy atom.